The maximum atomic E-state index is 12.4. The Bertz CT molecular complexity index is 939. The van der Waals surface area contributed by atoms with Gasteiger partial charge in [-0.1, -0.05) is 36.4 Å². The molecule has 0 unspecified atom stereocenters. The molecule has 0 saturated carbocycles. The number of oxazole rings is 1. The van der Waals surface area contributed by atoms with Gasteiger partial charge in [0.15, 0.2) is 5.58 Å². The molecule has 2 aromatic carbocycles. The molecule has 0 atom stereocenters. The monoisotopic (exact) mass is 338 g/mol. The number of rotatable bonds is 6. The van der Waals surface area contributed by atoms with Gasteiger partial charge in [-0.3, -0.25) is 9.36 Å². The van der Waals surface area contributed by atoms with E-state index in [1.807, 2.05) is 56.4 Å². The number of fused-ring (bicyclic) bond motifs is 1. The highest BCUT2D eigenvalue weighted by molar-refractivity contribution is 5.76. The summed E-state index contributed by atoms with van der Waals surface area (Å²) < 4.78 is 6.80. The minimum absolute atomic E-state index is 0.0732. The predicted octanol–water partition coefficient (Wildman–Crippen LogP) is 3.34. The van der Waals surface area contributed by atoms with Gasteiger partial charge in [0.05, 0.1) is 5.52 Å². The zero-order valence-corrected chi connectivity index (χ0v) is 14.6. The fourth-order valence-electron chi connectivity index (χ4n) is 2.94. The third-order valence-electron chi connectivity index (χ3n) is 4.44. The lowest BCUT2D eigenvalue weighted by atomic mass is 10.1. The Hall–Kier alpha value is -2.82. The molecule has 0 saturated heterocycles. The van der Waals surface area contributed by atoms with Crippen molar-refractivity contribution in [2.45, 2.75) is 32.9 Å². The highest BCUT2D eigenvalue weighted by atomic mass is 16.4. The summed E-state index contributed by atoms with van der Waals surface area (Å²) in [5.41, 5.74) is 3.68. The summed E-state index contributed by atoms with van der Waals surface area (Å²) in [7, 11) is 1.81. The van der Waals surface area contributed by atoms with Crippen LogP contribution in [0.4, 0.5) is 0 Å². The first kappa shape index (κ1) is 17.0. The smallest absolute Gasteiger partial charge is 0.408 e. The number of aryl methyl sites for hydroxylation is 2. The lowest BCUT2D eigenvalue weighted by Gasteiger charge is -2.18. The average molecular weight is 338 g/mol. The van der Waals surface area contributed by atoms with E-state index in [-0.39, 0.29) is 11.7 Å². The van der Waals surface area contributed by atoms with Crippen molar-refractivity contribution < 1.29 is 9.21 Å². The highest BCUT2D eigenvalue weighted by Crippen LogP contribution is 2.13. The average Bonchev–Trinajstić information content (AvgIpc) is 2.92. The van der Waals surface area contributed by atoms with Crippen molar-refractivity contribution in [3.8, 4) is 0 Å². The topological polar surface area (TPSA) is 55.5 Å². The predicted molar refractivity (Wildman–Crippen MR) is 97.4 cm³/mol. The largest absolute Gasteiger partial charge is 0.419 e. The van der Waals surface area contributed by atoms with E-state index in [0.717, 1.165) is 11.1 Å². The minimum Gasteiger partial charge on any atom is -0.408 e. The van der Waals surface area contributed by atoms with E-state index in [9.17, 15) is 9.59 Å². The summed E-state index contributed by atoms with van der Waals surface area (Å²) in [4.78, 5) is 26.0. The molecule has 0 aliphatic rings. The number of hydrogen-bond acceptors (Lipinski definition) is 3. The van der Waals surface area contributed by atoms with Gasteiger partial charge in [-0.05, 0) is 36.6 Å². The number of amides is 1. The number of aromatic nitrogens is 1. The van der Waals surface area contributed by atoms with Gasteiger partial charge < -0.3 is 9.32 Å². The molecule has 0 fully saturated rings. The van der Waals surface area contributed by atoms with Gasteiger partial charge in [0.25, 0.3) is 0 Å². The summed E-state index contributed by atoms with van der Waals surface area (Å²) >= 11 is 0. The van der Waals surface area contributed by atoms with E-state index in [1.54, 1.807) is 15.5 Å². The van der Waals surface area contributed by atoms with Crippen molar-refractivity contribution in [1.82, 2.24) is 9.47 Å². The van der Waals surface area contributed by atoms with E-state index in [4.69, 9.17) is 4.42 Å². The summed E-state index contributed by atoms with van der Waals surface area (Å²) in [6.07, 6.45) is 0.995. The van der Waals surface area contributed by atoms with Crippen LogP contribution in [0, 0.1) is 6.92 Å². The second-order valence-corrected chi connectivity index (χ2v) is 6.27. The van der Waals surface area contributed by atoms with Crippen LogP contribution >= 0.6 is 0 Å². The van der Waals surface area contributed by atoms with E-state index >= 15 is 0 Å². The van der Waals surface area contributed by atoms with Crippen LogP contribution in [-0.4, -0.2) is 22.4 Å². The number of benzene rings is 2. The van der Waals surface area contributed by atoms with E-state index in [2.05, 4.69) is 0 Å². The quantitative estimate of drug-likeness (QED) is 0.693. The maximum absolute atomic E-state index is 12.4. The first-order valence-corrected chi connectivity index (χ1v) is 8.43. The highest BCUT2D eigenvalue weighted by Gasteiger charge is 2.12. The Labute approximate surface area is 146 Å². The van der Waals surface area contributed by atoms with Crippen molar-refractivity contribution in [1.29, 1.82) is 0 Å². The molecule has 130 valence electrons. The first-order chi connectivity index (χ1) is 12.1. The van der Waals surface area contributed by atoms with Gasteiger partial charge in [-0.25, -0.2) is 4.79 Å². The SMILES string of the molecule is Cc1ccccc1CN(C)C(=O)CCCn1c(=O)oc2ccccc21. The summed E-state index contributed by atoms with van der Waals surface area (Å²) in [5.74, 6) is -0.300. The molecule has 3 aromatic rings. The van der Waals surface area contributed by atoms with Crippen LogP contribution in [0.3, 0.4) is 0 Å². The van der Waals surface area contributed by atoms with Gasteiger partial charge >= 0.3 is 5.76 Å². The fraction of sp³-hybridized carbons (Fsp3) is 0.300. The molecular formula is C20H22N2O3. The zero-order chi connectivity index (χ0) is 17.8. The van der Waals surface area contributed by atoms with Gasteiger partial charge in [-0.15, -0.1) is 0 Å². The van der Waals surface area contributed by atoms with Gasteiger partial charge in [0.2, 0.25) is 5.91 Å². The van der Waals surface area contributed by atoms with Crippen molar-refractivity contribution >= 4 is 17.0 Å². The van der Waals surface area contributed by atoms with Crippen molar-refractivity contribution in [2.75, 3.05) is 7.05 Å². The molecule has 5 heteroatoms. The fourth-order valence-corrected chi connectivity index (χ4v) is 2.94. The van der Waals surface area contributed by atoms with Crippen LogP contribution in [0.15, 0.2) is 57.7 Å². The molecule has 0 aliphatic carbocycles. The third-order valence-corrected chi connectivity index (χ3v) is 4.44. The molecule has 1 amide bonds. The Balaban J connectivity index is 1.58. The van der Waals surface area contributed by atoms with Crippen LogP contribution in [-0.2, 0) is 17.9 Å². The Morgan fingerprint density at radius 2 is 1.84 bits per heavy atom. The third kappa shape index (κ3) is 3.82. The van der Waals surface area contributed by atoms with E-state index in [0.29, 0.717) is 31.5 Å². The van der Waals surface area contributed by atoms with Gasteiger partial charge in [0.1, 0.15) is 0 Å². The Morgan fingerprint density at radius 1 is 1.12 bits per heavy atom. The second kappa shape index (κ2) is 7.38. The molecule has 1 heterocycles. The first-order valence-electron chi connectivity index (χ1n) is 8.43. The van der Waals surface area contributed by atoms with Crippen LogP contribution in [0.25, 0.3) is 11.1 Å². The molecule has 25 heavy (non-hydrogen) atoms. The van der Waals surface area contributed by atoms with Gasteiger partial charge in [0, 0.05) is 26.6 Å². The lowest BCUT2D eigenvalue weighted by molar-refractivity contribution is -0.130. The standard InChI is InChI=1S/C20H22N2O3/c1-15-8-3-4-9-16(15)14-21(2)19(23)12-7-13-22-17-10-5-6-11-18(17)25-20(22)24/h3-6,8-11H,7,12-14H2,1-2H3. The number of para-hydroxylation sites is 2. The molecule has 0 aliphatic heterocycles. The lowest BCUT2D eigenvalue weighted by Crippen LogP contribution is -2.27. The number of carbonyl (C=O) groups excluding carboxylic acids is 1. The minimum atomic E-state index is -0.373. The molecule has 0 N–H and O–H groups in total. The Kier molecular flexibility index (Phi) is 5.03. The summed E-state index contributed by atoms with van der Waals surface area (Å²) in [6, 6.07) is 15.4. The zero-order valence-electron chi connectivity index (χ0n) is 14.6. The molecule has 5 nitrogen and oxygen atoms in total. The van der Waals surface area contributed by atoms with Crippen LogP contribution in [0.2, 0.25) is 0 Å². The molecule has 0 bridgehead atoms. The molecule has 3 rings (SSSR count). The maximum Gasteiger partial charge on any atom is 0.419 e. The Morgan fingerprint density at radius 3 is 2.64 bits per heavy atom. The van der Waals surface area contributed by atoms with Gasteiger partial charge in [-0.2, -0.15) is 0 Å². The second-order valence-electron chi connectivity index (χ2n) is 6.27. The molecule has 0 radical (unpaired) electrons. The number of hydrogen-bond donors (Lipinski definition) is 0. The van der Waals surface area contributed by atoms with E-state index in [1.165, 1.54) is 5.56 Å². The van der Waals surface area contributed by atoms with Crippen LogP contribution in [0.5, 0.6) is 0 Å². The van der Waals surface area contributed by atoms with Crippen molar-refractivity contribution in [3.63, 3.8) is 0 Å². The van der Waals surface area contributed by atoms with E-state index < -0.39 is 0 Å². The van der Waals surface area contributed by atoms with Crippen LogP contribution in [0.1, 0.15) is 24.0 Å². The van der Waals surface area contributed by atoms with Crippen molar-refractivity contribution in [3.05, 3.63) is 70.2 Å². The molecule has 0 spiro atoms. The van der Waals surface area contributed by atoms with Crippen LogP contribution < -0.4 is 5.76 Å². The molecule has 1 aromatic heterocycles. The normalized spacial score (nSPS) is 11.0. The number of nitrogens with zero attached hydrogens (tertiary/aromatic N) is 2. The van der Waals surface area contributed by atoms with Crippen molar-refractivity contribution in [2.24, 2.45) is 0 Å². The summed E-state index contributed by atoms with van der Waals surface area (Å²) in [5, 5.41) is 0. The molecular weight excluding hydrogens is 316 g/mol. The number of carbonyl (C=O) groups is 1. The summed E-state index contributed by atoms with van der Waals surface area (Å²) in [6.45, 7) is 3.12.